The van der Waals surface area contributed by atoms with Gasteiger partial charge in [0.05, 0.1) is 34.6 Å². The van der Waals surface area contributed by atoms with Gasteiger partial charge in [0, 0.05) is 18.6 Å². The van der Waals surface area contributed by atoms with Crippen LogP contribution in [0.2, 0.25) is 0 Å². The number of thiophene rings is 1. The molecule has 2 rings (SSSR count). The number of ether oxygens (including phenoxy) is 2. The molecule has 1 aromatic carbocycles. The zero-order valence-electron chi connectivity index (χ0n) is 13.8. The number of hydrogen-bond donors (Lipinski definition) is 0. The molecule has 2 aromatic rings. The Bertz CT molecular complexity index is 830. The molecule has 0 fully saturated rings. The Morgan fingerprint density at radius 2 is 1.85 bits per heavy atom. The van der Waals surface area contributed by atoms with E-state index in [9.17, 15) is 24.5 Å². The summed E-state index contributed by atoms with van der Waals surface area (Å²) in [4.78, 5) is 46.4. The van der Waals surface area contributed by atoms with Gasteiger partial charge in [0.25, 0.3) is 5.69 Å². The van der Waals surface area contributed by atoms with Gasteiger partial charge in [-0.15, -0.1) is 11.3 Å². The van der Waals surface area contributed by atoms with Crippen LogP contribution in [0, 0.1) is 10.1 Å². The third kappa shape index (κ3) is 4.96. The maximum atomic E-state index is 12.1. The van der Waals surface area contributed by atoms with Crippen molar-refractivity contribution in [3.63, 3.8) is 0 Å². The van der Waals surface area contributed by atoms with Crippen LogP contribution in [0.15, 0.2) is 35.7 Å². The topological polar surface area (TPSA) is 113 Å². The first-order valence-electron chi connectivity index (χ1n) is 7.54. The van der Waals surface area contributed by atoms with E-state index in [0.717, 1.165) is 25.3 Å². The first-order chi connectivity index (χ1) is 12.4. The summed E-state index contributed by atoms with van der Waals surface area (Å²) in [6, 6.07) is 6.70. The summed E-state index contributed by atoms with van der Waals surface area (Å²) in [6.07, 6.45) is 0.539. The van der Waals surface area contributed by atoms with Gasteiger partial charge in [0.1, 0.15) is 0 Å². The summed E-state index contributed by atoms with van der Waals surface area (Å²) in [5, 5.41) is 12.8. The average molecular weight is 377 g/mol. The van der Waals surface area contributed by atoms with E-state index in [4.69, 9.17) is 4.74 Å². The number of nitro groups is 1. The number of non-ortho nitro benzene ring substituents is 1. The molecule has 0 aliphatic carbocycles. The molecule has 0 N–H and O–H groups in total. The van der Waals surface area contributed by atoms with E-state index in [-0.39, 0.29) is 29.9 Å². The molecule has 0 radical (unpaired) electrons. The summed E-state index contributed by atoms with van der Waals surface area (Å²) in [6.45, 7) is -0.0216. The lowest BCUT2D eigenvalue weighted by atomic mass is 10.1. The average Bonchev–Trinajstić information content (AvgIpc) is 3.18. The van der Waals surface area contributed by atoms with Crippen LogP contribution in [0.5, 0.6) is 0 Å². The van der Waals surface area contributed by atoms with Gasteiger partial charge in [-0.05, 0) is 23.9 Å². The fraction of sp³-hybridized carbons (Fsp3) is 0.235. The van der Waals surface area contributed by atoms with Gasteiger partial charge >= 0.3 is 11.9 Å². The summed E-state index contributed by atoms with van der Waals surface area (Å²) in [5.41, 5.74) is -0.682. The Labute approximate surface area is 152 Å². The van der Waals surface area contributed by atoms with E-state index in [2.05, 4.69) is 4.74 Å². The van der Waals surface area contributed by atoms with Crippen LogP contribution >= 0.6 is 11.3 Å². The van der Waals surface area contributed by atoms with Gasteiger partial charge in [-0.3, -0.25) is 14.9 Å². The number of ketones is 1. The van der Waals surface area contributed by atoms with Crippen LogP contribution in [0.25, 0.3) is 0 Å². The molecule has 8 nitrogen and oxygen atoms in total. The van der Waals surface area contributed by atoms with Gasteiger partial charge in [-0.1, -0.05) is 6.07 Å². The molecule has 9 heteroatoms. The monoisotopic (exact) mass is 377 g/mol. The highest BCUT2D eigenvalue weighted by Crippen LogP contribution is 2.19. The largest absolute Gasteiger partial charge is 0.465 e. The third-order valence-corrected chi connectivity index (χ3v) is 4.27. The van der Waals surface area contributed by atoms with Crippen molar-refractivity contribution in [1.29, 1.82) is 0 Å². The number of methoxy groups -OCH3 is 1. The maximum Gasteiger partial charge on any atom is 0.338 e. The molecule has 1 heterocycles. The number of carbonyl (C=O) groups excluding carboxylic acids is 3. The van der Waals surface area contributed by atoms with E-state index in [1.54, 1.807) is 17.5 Å². The number of nitrogens with zero attached hydrogens (tertiary/aromatic N) is 1. The van der Waals surface area contributed by atoms with Gasteiger partial charge in [0.2, 0.25) is 0 Å². The predicted octanol–water partition coefficient (Wildman–Crippen LogP) is 3.26. The van der Waals surface area contributed by atoms with Gasteiger partial charge in [-0.25, -0.2) is 9.59 Å². The fourth-order valence-corrected chi connectivity index (χ4v) is 2.81. The Morgan fingerprint density at radius 1 is 1.15 bits per heavy atom. The molecule has 0 saturated heterocycles. The number of rotatable bonds is 8. The van der Waals surface area contributed by atoms with Gasteiger partial charge in [0.15, 0.2) is 5.78 Å². The van der Waals surface area contributed by atoms with Crippen molar-refractivity contribution in [2.75, 3.05) is 13.7 Å². The number of Topliss-reactive ketones (excluding diaryl/α,β-unsaturated/α-hetero) is 1. The van der Waals surface area contributed by atoms with Crippen molar-refractivity contribution >= 4 is 34.7 Å². The van der Waals surface area contributed by atoms with E-state index >= 15 is 0 Å². The second kappa shape index (κ2) is 8.86. The van der Waals surface area contributed by atoms with Crippen molar-refractivity contribution in [2.24, 2.45) is 0 Å². The van der Waals surface area contributed by atoms with Gasteiger partial charge in [-0.2, -0.15) is 0 Å². The minimum absolute atomic E-state index is 0.0216. The summed E-state index contributed by atoms with van der Waals surface area (Å²) >= 11 is 1.34. The molecule has 0 unspecified atom stereocenters. The van der Waals surface area contributed by atoms with E-state index in [1.165, 1.54) is 11.3 Å². The fourth-order valence-electron chi connectivity index (χ4n) is 2.11. The molecule has 136 valence electrons. The van der Waals surface area contributed by atoms with Crippen LogP contribution in [-0.4, -0.2) is 36.4 Å². The minimum atomic E-state index is -0.817. The Hall–Kier alpha value is -3.07. The lowest BCUT2D eigenvalue weighted by molar-refractivity contribution is -0.384. The maximum absolute atomic E-state index is 12.1. The van der Waals surface area contributed by atoms with Crippen LogP contribution in [0.3, 0.4) is 0 Å². The second-order valence-corrected chi connectivity index (χ2v) is 6.10. The number of benzene rings is 1. The molecule has 0 atom stereocenters. The molecule has 26 heavy (non-hydrogen) atoms. The number of carbonyl (C=O) groups is 3. The van der Waals surface area contributed by atoms with Crippen molar-refractivity contribution < 1.29 is 28.8 Å². The van der Waals surface area contributed by atoms with E-state index in [1.807, 2.05) is 0 Å². The van der Waals surface area contributed by atoms with Crippen LogP contribution in [-0.2, 0) is 9.47 Å². The molecular formula is C17H15NO7S. The quantitative estimate of drug-likeness (QED) is 0.228. The lowest BCUT2D eigenvalue weighted by Crippen LogP contribution is -2.10. The van der Waals surface area contributed by atoms with Crippen LogP contribution in [0.1, 0.15) is 43.2 Å². The molecular weight excluding hydrogens is 362 g/mol. The second-order valence-electron chi connectivity index (χ2n) is 5.16. The first-order valence-corrected chi connectivity index (χ1v) is 8.42. The minimum Gasteiger partial charge on any atom is -0.465 e. The first kappa shape index (κ1) is 19.3. The number of esters is 2. The van der Waals surface area contributed by atoms with Crippen LogP contribution < -0.4 is 0 Å². The van der Waals surface area contributed by atoms with Crippen molar-refractivity contribution in [1.82, 2.24) is 0 Å². The molecule has 0 spiro atoms. The normalized spacial score (nSPS) is 10.2. The highest BCUT2D eigenvalue weighted by Gasteiger charge is 2.19. The highest BCUT2D eigenvalue weighted by atomic mass is 32.1. The molecule has 0 saturated carbocycles. The summed E-state index contributed by atoms with van der Waals surface area (Å²) in [5.74, 6) is -1.66. The van der Waals surface area contributed by atoms with Gasteiger partial charge < -0.3 is 9.47 Å². The molecule has 1 aromatic heterocycles. The van der Waals surface area contributed by atoms with E-state index in [0.29, 0.717) is 11.3 Å². The number of nitro benzene ring substituents is 1. The lowest BCUT2D eigenvalue weighted by Gasteiger charge is -2.06. The van der Waals surface area contributed by atoms with E-state index < -0.39 is 22.5 Å². The smallest absolute Gasteiger partial charge is 0.338 e. The molecule has 0 bridgehead atoms. The molecule has 0 amide bonds. The zero-order chi connectivity index (χ0) is 19.1. The Balaban J connectivity index is 1.97. The molecule has 0 aliphatic rings. The number of hydrogen-bond acceptors (Lipinski definition) is 8. The van der Waals surface area contributed by atoms with Crippen molar-refractivity contribution in [3.8, 4) is 0 Å². The Morgan fingerprint density at radius 3 is 2.42 bits per heavy atom. The molecule has 0 aliphatic heterocycles. The Kier molecular flexibility index (Phi) is 6.56. The standard InChI is InChI=1S/C17H15NO7S/c1-24-16(20)11-8-12(10-13(9-11)18(22)23)17(21)25-6-2-4-14(19)15-5-3-7-26-15/h3,5,7-10H,2,4,6H2,1H3. The zero-order valence-corrected chi connectivity index (χ0v) is 14.6. The highest BCUT2D eigenvalue weighted by molar-refractivity contribution is 7.12. The summed E-state index contributed by atoms with van der Waals surface area (Å²) in [7, 11) is 1.13. The predicted molar refractivity (Wildman–Crippen MR) is 92.6 cm³/mol. The van der Waals surface area contributed by atoms with Crippen LogP contribution in [0.4, 0.5) is 5.69 Å². The van der Waals surface area contributed by atoms with Crippen molar-refractivity contribution in [2.45, 2.75) is 12.8 Å². The van der Waals surface area contributed by atoms with Crippen molar-refractivity contribution in [3.05, 3.63) is 61.8 Å². The third-order valence-electron chi connectivity index (χ3n) is 3.36. The SMILES string of the molecule is COC(=O)c1cc(C(=O)OCCCC(=O)c2cccs2)cc([N+](=O)[O-])c1. The summed E-state index contributed by atoms with van der Waals surface area (Å²) < 4.78 is 9.55.